The topological polar surface area (TPSA) is 115 Å². The first-order chi connectivity index (χ1) is 19.0. The number of carbonyl (C=O) groups is 2. The zero-order valence-corrected chi connectivity index (χ0v) is 21.9. The lowest BCUT2D eigenvalue weighted by Crippen LogP contribution is -2.30. The molecule has 2 aliphatic carbocycles. The van der Waals surface area contributed by atoms with Crippen molar-refractivity contribution in [2.75, 3.05) is 32.9 Å². The monoisotopic (exact) mass is 531 g/mol. The quantitative estimate of drug-likeness (QED) is 0.455. The van der Waals surface area contributed by atoms with Crippen LogP contribution >= 0.6 is 0 Å². The predicted molar refractivity (Wildman–Crippen MR) is 142 cm³/mol. The number of nitrogens with zero attached hydrogens (tertiary/aromatic N) is 2. The predicted octanol–water partition coefficient (Wildman–Crippen LogP) is 4.18. The molecule has 4 heterocycles. The highest BCUT2D eigenvalue weighted by atomic mass is 16.5. The molecule has 204 valence electrons. The van der Waals surface area contributed by atoms with Gasteiger partial charge in [0, 0.05) is 61.0 Å². The summed E-state index contributed by atoms with van der Waals surface area (Å²) in [6, 6.07) is 8.87. The zero-order valence-electron chi connectivity index (χ0n) is 21.9. The van der Waals surface area contributed by atoms with E-state index in [1.54, 1.807) is 18.2 Å². The number of ketones is 1. The highest BCUT2D eigenvalue weighted by Gasteiger charge is 2.45. The normalized spacial score (nSPS) is 23.8. The van der Waals surface area contributed by atoms with E-state index in [-0.39, 0.29) is 17.6 Å². The van der Waals surface area contributed by atoms with Gasteiger partial charge in [-0.3, -0.25) is 14.6 Å². The molecule has 2 saturated carbocycles. The van der Waals surface area contributed by atoms with E-state index in [0.717, 1.165) is 57.4 Å². The molecule has 0 bridgehead atoms. The van der Waals surface area contributed by atoms with Crippen LogP contribution in [0, 0.1) is 23.7 Å². The van der Waals surface area contributed by atoms with Gasteiger partial charge in [-0.1, -0.05) is 0 Å². The van der Waals surface area contributed by atoms with Gasteiger partial charge in [0.2, 0.25) is 5.88 Å². The summed E-state index contributed by atoms with van der Waals surface area (Å²) >= 11 is 0. The molecule has 4 fully saturated rings. The Kier molecular flexibility index (Phi) is 6.26. The number of benzene rings is 1. The van der Waals surface area contributed by atoms with E-state index in [2.05, 4.69) is 4.98 Å². The maximum atomic E-state index is 13.7. The van der Waals surface area contributed by atoms with Gasteiger partial charge in [-0.25, -0.2) is 9.78 Å². The Labute approximate surface area is 225 Å². The minimum atomic E-state index is -0.530. The van der Waals surface area contributed by atoms with Crippen LogP contribution in [0.3, 0.4) is 0 Å². The highest BCUT2D eigenvalue weighted by molar-refractivity contribution is 5.99. The molecule has 0 radical (unpaired) electrons. The molecule has 1 amide bonds. The molecule has 0 spiro atoms. The number of carbonyl (C=O) groups excluding carboxylic acids is 2. The molecule has 1 aromatic carbocycles. The van der Waals surface area contributed by atoms with Gasteiger partial charge in [-0.15, -0.1) is 0 Å². The van der Waals surface area contributed by atoms with Crippen molar-refractivity contribution in [1.29, 1.82) is 0 Å². The number of H-pyrrole nitrogens is 1. The van der Waals surface area contributed by atoms with Gasteiger partial charge in [-0.05, 0) is 80.5 Å². The maximum Gasteiger partial charge on any atom is 0.417 e. The van der Waals surface area contributed by atoms with E-state index >= 15 is 0 Å². The number of hydrogen-bond donors (Lipinski definition) is 1. The summed E-state index contributed by atoms with van der Waals surface area (Å²) < 4.78 is 16.7. The lowest BCUT2D eigenvalue weighted by Gasteiger charge is -2.22. The van der Waals surface area contributed by atoms with Gasteiger partial charge in [0.05, 0.1) is 12.1 Å². The third-order valence-electron chi connectivity index (χ3n) is 8.99. The number of rotatable bonds is 7. The molecular weight excluding hydrogens is 498 g/mol. The lowest BCUT2D eigenvalue weighted by atomic mass is 9.94. The molecule has 39 heavy (non-hydrogen) atoms. The molecule has 4 aliphatic rings. The van der Waals surface area contributed by atoms with Gasteiger partial charge in [0.15, 0.2) is 11.4 Å². The van der Waals surface area contributed by atoms with Crippen molar-refractivity contribution in [2.45, 2.75) is 44.4 Å². The zero-order chi connectivity index (χ0) is 26.5. The van der Waals surface area contributed by atoms with Crippen LogP contribution in [0.15, 0.2) is 39.5 Å². The second kappa shape index (κ2) is 9.93. The summed E-state index contributed by atoms with van der Waals surface area (Å²) in [6.07, 6.45) is 5.80. The number of aromatic nitrogens is 2. The Bertz CT molecular complexity index is 1450. The second-order valence-electron chi connectivity index (χ2n) is 11.7. The number of oxazole rings is 1. The van der Waals surface area contributed by atoms with Crippen molar-refractivity contribution in [3.8, 4) is 5.88 Å². The molecule has 0 unspecified atom stereocenters. The van der Waals surface area contributed by atoms with Crippen molar-refractivity contribution < 1.29 is 23.5 Å². The molecule has 1 N–H and O–H groups in total. The molecule has 2 saturated heterocycles. The van der Waals surface area contributed by atoms with Crippen LogP contribution in [0.25, 0.3) is 11.1 Å². The van der Waals surface area contributed by atoms with Gasteiger partial charge < -0.3 is 18.8 Å². The lowest BCUT2D eigenvalue weighted by molar-refractivity contribution is 0.0490. The standard InChI is InChI=1S/C30H33N3O6/c34-28(21-11-25(18-1-2-18)31-27(13-21)38-16-17-5-7-37-8-6-17)20-9-22-14-33(15-23(22)10-20)29(35)19-3-4-24-26(12-19)39-30(36)32-24/h3-4,11-13,17-18,20,22-23H,1-2,5-10,14-16H2,(H,32,36)/t22-,23-/m1/s1. The number of hydrogen-bond acceptors (Lipinski definition) is 7. The number of aromatic amines is 1. The van der Waals surface area contributed by atoms with Gasteiger partial charge in [0.1, 0.15) is 0 Å². The average molecular weight is 532 g/mol. The van der Waals surface area contributed by atoms with E-state index in [1.165, 1.54) is 0 Å². The first-order valence-electron chi connectivity index (χ1n) is 14.2. The second-order valence-corrected chi connectivity index (χ2v) is 11.7. The Hall–Kier alpha value is -3.46. The van der Waals surface area contributed by atoms with Crippen LogP contribution in [-0.4, -0.2) is 59.5 Å². The first-order valence-corrected chi connectivity index (χ1v) is 14.2. The fourth-order valence-corrected chi connectivity index (χ4v) is 6.62. The van der Waals surface area contributed by atoms with Crippen LogP contribution in [0.1, 0.15) is 70.9 Å². The third kappa shape index (κ3) is 5.00. The number of Topliss-reactive ketones (excluding diaryl/α,β-unsaturated/α-hetero) is 1. The number of pyridine rings is 1. The molecule has 2 aromatic heterocycles. The Balaban J connectivity index is 1.01. The fraction of sp³-hybridized carbons (Fsp3) is 0.533. The molecule has 3 aromatic rings. The Morgan fingerprint density at radius 1 is 1.00 bits per heavy atom. The summed E-state index contributed by atoms with van der Waals surface area (Å²) in [5, 5.41) is 0. The van der Waals surface area contributed by atoms with Crippen LogP contribution in [-0.2, 0) is 4.74 Å². The summed E-state index contributed by atoms with van der Waals surface area (Å²) in [6.45, 7) is 3.46. The number of nitrogens with one attached hydrogen (secondary N) is 1. The summed E-state index contributed by atoms with van der Waals surface area (Å²) in [7, 11) is 0. The largest absolute Gasteiger partial charge is 0.477 e. The van der Waals surface area contributed by atoms with E-state index in [0.29, 0.717) is 71.5 Å². The fourth-order valence-electron chi connectivity index (χ4n) is 6.62. The van der Waals surface area contributed by atoms with E-state index < -0.39 is 5.76 Å². The van der Waals surface area contributed by atoms with E-state index in [4.69, 9.17) is 18.9 Å². The number of ether oxygens (including phenoxy) is 2. The summed E-state index contributed by atoms with van der Waals surface area (Å²) in [5.74, 6) is 1.63. The van der Waals surface area contributed by atoms with Crippen LogP contribution in [0.2, 0.25) is 0 Å². The molecule has 2 aliphatic heterocycles. The maximum absolute atomic E-state index is 13.7. The van der Waals surface area contributed by atoms with Crippen LogP contribution in [0.4, 0.5) is 0 Å². The van der Waals surface area contributed by atoms with Gasteiger partial charge in [0.25, 0.3) is 5.91 Å². The Morgan fingerprint density at radius 2 is 1.77 bits per heavy atom. The summed E-state index contributed by atoms with van der Waals surface area (Å²) in [4.78, 5) is 47.5. The van der Waals surface area contributed by atoms with Crippen molar-refractivity contribution >= 4 is 22.8 Å². The van der Waals surface area contributed by atoms with Gasteiger partial charge in [-0.2, -0.15) is 0 Å². The van der Waals surface area contributed by atoms with E-state index in [9.17, 15) is 14.4 Å². The minimum Gasteiger partial charge on any atom is -0.477 e. The van der Waals surface area contributed by atoms with Crippen molar-refractivity contribution in [3.63, 3.8) is 0 Å². The SMILES string of the molecule is O=C(c1cc(OCC2CCOCC2)nc(C2CC2)c1)C1C[C@@H]2CN(C(=O)c3ccc4[nH]c(=O)oc4c3)C[C@H]2C1. The smallest absolute Gasteiger partial charge is 0.417 e. The molecule has 9 heteroatoms. The minimum absolute atomic E-state index is 0.0412. The van der Waals surface area contributed by atoms with Gasteiger partial charge >= 0.3 is 5.76 Å². The van der Waals surface area contributed by atoms with Crippen molar-refractivity contribution in [2.24, 2.45) is 23.7 Å². The number of likely N-dealkylation sites (tertiary alicyclic amines) is 1. The van der Waals surface area contributed by atoms with Crippen molar-refractivity contribution in [1.82, 2.24) is 14.9 Å². The van der Waals surface area contributed by atoms with Crippen molar-refractivity contribution in [3.05, 3.63) is 57.7 Å². The molecule has 9 nitrogen and oxygen atoms in total. The van der Waals surface area contributed by atoms with E-state index in [1.807, 2.05) is 17.0 Å². The molecular formula is C30H33N3O6. The van der Waals surface area contributed by atoms with Crippen LogP contribution < -0.4 is 10.5 Å². The average Bonchev–Trinajstić information content (AvgIpc) is 3.46. The summed E-state index contributed by atoms with van der Waals surface area (Å²) in [5.41, 5.74) is 3.17. The highest BCUT2D eigenvalue weighted by Crippen LogP contribution is 2.44. The first kappa shape index (κ1) is 24.6. The van der Waals surface area contributed by atoms with Crippen LogP contribution in [0.5, 0.6) is 5.88 Å². The number of amides is 1. The third-order valence-corrected chi connectivity index (χ3v) is 8.99. The molecule has 2 atom stereocenters. The number of fused-ring (bicyclic) bond motifs is 2. The Morgan fingerprint density at radius 3 is 2.51 bits per heavy atom. The molecule has 7 rings (SSSR count).